The Labute approximate surface area is 86.8 Å². The molecule has 0 aromatic heterocycles. The van der Waals surface area contributed by atoms with Crippen molar-refractivity contribution in [3.8, 4) is 5.75 Å². The van der Waals surface area contributed by atoms with E-state index in [1.54, 1.807) is 0 Å². The molecule has 0 N–H and O–H groups in total. The molecule has 1 heterocycles. The van der Waals surface area contributed by atoms with E-state index in [2.05, 4.69) is 0 Å². The molecule has 4 heteroatoms. The summed E-state index contributed by atoms with van der Waals surface area (Å²) in [5, 5.41) is 0. The van der Waals surface area contributed by atoms with Crippen LogP contribution in [0.5, 0.6) is 5.75 Å². The zero-order valence-corrected chi connectivity index (χ0v) is 8.38. The fraction of sp³-hybridized carbons (Fsp3) is 0.364. The maximum absolute atomic E-state index is 13.2. The smallest absolute Gasteiger partial charge is 0.189 e. The fourth-order valence-electron chi connectivity index (χ4n) is 1.66. The van der Waals surface area contributed by atoms with E-state index in [0.717, 1.165) is 0 Å². The van der Waals surface area contributed by atoms with Gasteiger partial charge in [-0.05, 0) is 19.1 Å². The van der Waals surface area contributed by atoms with E-state index < -0.39 is 0 Å². The van der Waals surface area contributed by atoms with Crippen LogP contribution in [0.25, 0.3) is 0 Å². The van der Waals surface area contributed by atoms with Crippen LogP contribution in [-0.4, -0.2) is 12.6 Å². The number of rotatable bonds is 2. The number of carbonyl (C=O) groups is 1. The van der Waals surface area contributed by atoms with E-state index in [-0.39, 0.29) is 24.8 Å². The van der Waals surface area contributed by atoms with Crippen LogP contribution in [0.2, 0.25) is 0 Å². The highest BCUT2D eigenvalue weighted by Crippen LogP contribution is 2.29. The zero-order valence-electron chi connectivity index (χ0n) is 8.38. The van der Waals surface area contributed by atoms with Crippen LogP contribution in [-0.2, 0) is 22.6 Å². The monoisotopic (exact) mass is 210 g/mol. The molecule has 0 saturated heterocycles. The highest BCUT2D eigenvalue weighted by Gasteiger charge is 2.17. The number of fused-ring (bicyclic) bond motifs is 1. The van der Waals surface area contributed by atoms with Gasteiger partial charge in [0, 0.05) is 17.5 Å². The van der Waals surface area contributed by atoms with E-state index in [9.17, 15) is 9.18 Å². The highest BCUT2D eigenvalue weighted by atomic mass is 19.1. The number of carbonyl (C=O) groups excluding carboxylic acids is 1. The van der Waals surface area contributed by atoms with Crippen molar-refractivity contribution in [3.05, 3.63) is 29.1 Å². The van der Waals surface area contributed by atoms with Crippen LogP contribution in [0.15, 0.2) is 12.1 Å². The van der Waals surface area contributed by atoms with Crippen LogP contribution in [0, 0.1) is 5.82 Å². The van der Waals surface area contributed by atoms with E-state index in [4.69, 9.17) is 9.47 Å². The molecule has 0 spiro atoms. The Hall–Kier alpha value is -1.42. The lowest BCUT2D eigenvalue weighted by Crippen LogP contribution is -2.14. The molecule has 1 aliphatic rings. The molecule has 0 bridgehead atoms. The summed E-state index contributed by atoms with van der Waals surface area (Å²) in [6.07, 6.45) is 0.195. The predicted molar refractivity (Wildman–Crippen MR) is 51.1 cm³/mol. The molecule has 3 nitrogen and oxygen atoms in total. The normalized spacial score (nSPS) is 14.3. The Bertz CT molecular complexity index is 401. The molecule has 15 heavy (non-hydrogen) atoms. The van der Waals surface area contributed by atoms with Crippen molar-refractivity contribution >= 4 is 5.78 Å². The first-order valence-electron chi connectivity index (χ1n) is 4.68. The van der Waals surface area contributed by atoms with Crippen molar-refractivity contribution in [1.82, 2.24) is 0 Å². The highest BCUT2D eigenvalue weighted by molar-refractivity contribution is 5.79. The summed E-state index contributed by atoms with van der Waals surface area (Å²) in [6.45, 7) is 1.96. The molecule has 1 aromatic rings. The van der Waals surface area contributed by atoms with Crippen molar-refractivity contribution < 1.29 is 18.7 Å². The molecule has 0 aliphatic carbocycles. The van der Waals surface area contributed by atoms with Gasteiger partial charge in [-0.2, -0.15) is 0 Å². The first kappa shape index (κ1) is 10.1. The second-order valence-corrected chi connectivity index (χ2v) is 3.54. The molecular weight excluding hydrogens is 199 g/mol. The summed E-state index contributed by atoms with van der Waals surface area (Å²) in [5.41, 5.74) is 1.26. The molecule has 1 aromatic carbocycles. The molecule has 0 amide bonds. The van der Waals surface area contributed by atoms with Crippen molar-refractivity contribution in [2.24, 2.45) is 0 Å². The minimum atomic E-state index is -0.362. The van der Waals surface area contributed by atoms with Crippen LogP contribution in [0.4, 0.5) is 4.39 Å². The van der Waals surface area contributed by atoms with Gasteiger partial charge in [-0.25, -0.2) is 4.39 Å². The van der Waals surface area contributed by atoms with Gasteiger partial charge in [0.1, 0.15) is 17.3 Å². The summed E-state index contributed by atoms with van der Waals surface area (Å²) in [7, 11) is 0. The molecule has 80 valence electrons. The minimum Gasteiger partial charge on any atom is -0.467 e. The lowest BCUT2D eigenvalue weighted by molar-refractivity contribution is -0.116. The average Bonchev–Trinajstić information content (AvgIpc) is 2.16. The number of Topliss-reactive ketones (excluding diaryl/α,β-unsaturated/α-hetero) is 1. The van der Waals surface area contributed by atoms with Crippen LogP contribution < -0.4 is 4.74 Å². The zero-order chi connectivity index (χ0) is 10.8. The number of ketones is 1. The molecule has 0 saturated carbocycles. The van der Waals surface area contributed by atoms with Gasteiger partial charge in [0.2, 0.25) is 0 Å². The van der Waals surface area contributed by atoms with Crippen LogP contribution in [0.3, 0.4) is 0 Å². The second-order valence-electron chi connectivity index (χ2n) is 3.54. The standard InChI is InChI=1S/C11H11FO3/c1-7(13)2-8-3-10(12)4-9-5-14-6-15-11(8)9/h3-4H,2,5-6H2,1H3. The molecule has 2 rings (SSSR count). The van der Waals surface area contributed by atoms with Gasteiger partial charge in [-0.1, -0.05) is 0 Å². The van der Waals surface area contributed by atoms with Crippen molar-refractivity contribution in [2.75, 3.05) is 6.79 Å². The number of hydrogen-bond donors (Lipinski definition) is 0. The van der Waals surface area contributed by atoms with Crippen LogP contribution >= 0.6 is 0 Å². The first-order chi connectivity index (χ1) is 7.16. The van der Waals surface area contributed by atoms with Gasteiger partial charge in [0.25, 0.3) is 0 Å². The SMILES string of the molecule is CC(=O)Cc1cc(F)cc2c1OCOC2. The molecule has 0 radical (unpaired) electrons. The van der Waals surface area contributed by atoms with Crippen molar-refractivity contribution in [3.63, 3.8) is 0 Å². The minimum absolute atomic E-state index is 0.0158. The summed E-state index contributed by atoms with van der Waals surface area (Å²) < 4.78 is 23.5. The maximum atomic E-state index is 13.2. The third kappa shape index (κ3) is 2.15. The third-order valence-corrected chi connectivity index (χ3v) is 2.19. The Morgan fingerprint density at radius 3 is 3.07 bits per heavy atom. The van der Waals surface area contributed by atoms with Gasteiger partial charge >= 0.3 is 0 Å². The summed E-state index contributed by atoms with van der Waals surface area (Å²) >= 11 is 0. The fourth-order valence-corrected chi connectivity index (χ4v) is 1.66. The maximum Gasteiger partial charge on any atom is 0.189 e. The Kier molecular flexibility index (Phi) is 2.68. The van der Waals surface area contributed by atoms with Crippen molar-refractivity contribution in [1.29, 1.82) is 0 Å². The van der Waals surface area contributed by atoms with E-state index in [1.807, 2.05) is 0 Å². The van der Waals surface area contributed by atoms with E-state index in [1.165, 1.54) is 19.1 Å². The summed E-state index contributed by atoms with van der Waals surface area (Å²) in [5.74, 6) is 0.217. The Morgan fingerprint density at radius 2 is 2.33 bits per heavy atom. The van der Waals surface area contributed by atoms with Gasteiger partial charge in [-0.15, -0.1) is 0 Å². The van der Waals surface area contributed by atoms with Crippen molar-refractivity contribution in [2.45, 2.75) is 20.0 Å². The number of halogens is 1. The molecular formula is C11H11FO3. The van der Waals surface area contributed by atoms with Gasteiger partial charge in [0.05, 0.1) is 6.61 Å². The third-order valence-electron chi connectivity index (χ3n) is 2.19. The Balaban J connectivity index is 2.43. The molecule has 0 unspecified atom stereocenters. The molecule has 0 atom stereocenters. The lowest BCUT2D eigenvalue weighted by Gasteiger charge is -2.20. The molecule has 1 aliphatic heterocycles. The number of hydrogen-bond acceptors (Lipinski definition) is 3. The quantitative estimate of drug-likeness (QED) is 0.747. The predicted octanol–water partition coefficient (Wildman–Crippen LogP) is 1.82. The summed E-state index contributed by atoms with van der Waals surface area (Å²) in [4.78, 5) is 11.0. The van der Waals surface area contributed by atoms with E-state index >= 15 is 0 Å². The molecule has 0 fully saturated rings. The Morgan fingerprint density at radius 1 is 1.53 bits per heavy atom. The number of ether oxygens (including phenoxy) is 2. The summed E-state index contributed by atoms with van der Waals surface area (Å²) in [6, 6.07) is 2.71. The average molecular weight is 210 g/mol. The number of benzene rings is 1. The van der Waals surface area contributed by atoms with Crippen LogP contribution in [0.1, 0.15) is 18.1 Å². The largest absolute Gasteiger partial charge is 0.467 e. The van der Waals surface area contributed by atoms with Gasteiger partial charge < -0.3 is 9.47 Å². The topological polar surface area (TPSA) is 35.5 Å². The van der Waals surface area contributed by atoms with Gasteiger partial charge in [-0.3, -0.25) is 4.79 Å². The van der Waals surface area contributed by atoms with E-state index in [0.29, 0.717) is 23.5 Å². The second kappa shape index (κ2) is 3.98. The first-order valence-corrected chi connectivity index (χ1v) is 4.68. The lowest BCUT2D eigenvalue weighted by atomic mass is 10.0. The van der Waals surface area contributed by atoms with Gasteiger partial charge in [0.15, 0.2) is 6.79 Å².